The Morgan fingerprint density at radius 3 is 2.00 bits per heavy atom. The van der Waals surface area contributed by atoms with E-state index in [1.165, 1.54) is 19.2 Å². The summed E-state index contributed by atoms with van der Waals surface area (Å²) < 4.78 is 25.7. The minimum atomic E-state index is -3.50. The maximum absolute atomic E-state index is 12.4. The first-order valence-electron chi connectivity index (χ1n) is 9.41. The lowest BCUT2D eigenvalue weighted by atomic mass is 10.0. The van der Waals surface area contributed by atoms with Crippen LogP contribution in [-0.2, 0) is 21.2 Å². The number of aryl methyl sites for hydroxylation is 1. The minimum absolute atomic E-state index is 0.0383. The number of benzene rings is 3. The van der Waals surface area contributed by atoms with Gasteiger partial charge >= 0.3 is 0 Å². The molecule has 0 heterocycles. The number of hydrogen-bond acceptors (Lipinski definition) is 4. The number of hydrogen-bond donors (Lipinski definition) is 2. The van der Waals surface area contributed by atoms with Gasteiger partial charge in [-0.3, -0.25) is 9.59 Å². The average Bonchev–Trinajstić information content (AvgIpc) is 2.78. The maximum atomic E-state index is 12.4. The molecule has 0 atom stereocenters. The number of anilines is 1. The number of ketones is 1. The highest BCUT2D eigenvalue weighted by Gasteiger charge is 2.12. The molecule has 0 aliphatic carbocycles. The fraction of sp³-hybridized carbons (Fsp3) is 0.130. The highest BCUT2D eigenvalue weighted by Crippen LogP contribution is 2.15. The maximum Gasteiger partial charge on any atom is 0.240 e. The van der Waals surface area contributed by atoms with Crippen molar-refractivity contribution in [2.75, 3.05) is 12.4 Å². The summed E-state index contributed by atoms with van der Waals surface area (Å²) in [6.07, 6.45) is 0.792. The van der Waals surface area contributed by atoms with Crippen LogP contribution in [0.1, 0.15) is 27.9 Å². The Bertz CT molecular complexity index is 1120. The van der Waals surface area contributed by atoms with E-state index in [0.29, 0.717) is 23.2 Å². The van der Waals surface area contributed by atoms with Gasteiger partial charge in [0.25, 0.3) is 0 Å². The molecule has 0 spiro atoms. The van der Waals surface area contributed by atoms with Crippen molar-refractivity contribution in [2.45, 2.75) is 17.7 Å². The average molecular weight is 423 g/mol. The molecule has 0 saturated heterocycles. The van der Waals surface area contributed by atoms with Crippen molar-refractivity contribution in [1.29, 1.82) is 0 Å². The second-order valence-corrected chi connectivity index (χ2v) is 8.56. The number of rotatable bonds is 8. The number of carbonyl (C=O) groups is 2. The molecule has 3 rings (SSSR count). The molecule has 154 valence electrons. The van der Waals surface area contributed by atoms with Gasteiger partial charge in [0.2, 0.25) is 15.9 Å². The molecule has 3 aromatic rings. The zero-order valence-electron chi connectivity index (χ0n) is 16.5. The number of amides is 1. The van der Waals surface area contributed by atoms with Crippen LogP contribution in [0.4, 0.5) is 5.69 Å². The molecule has 0 aromatic heterocycles. The largest absolute Gasteiger partial charge is 0.326 e. The lowest BCUT2D eigenvalue weighted by Crippen LogP contribution is -2.18. The van der Waals surface area contributed by atoms with Gasteiger partial charge in [-0.2, -0.15) is 0 Å². The summed E-state index contributed by atoms with van der Waals surface area (Å²) >= 11 is 0. The van der Waals surface area contributed by atoms with Crippen LogP contribution in [0.5, 0.6) is 0 Å². The van der Waals surface area contributed by atoms with Crippen molar-refractivity contribution in [1.82, 2.24) is 4.72 Å². The molecule has 0 fully saturated rings. The fourth-order valence-electron chi connectivity index (χ4n) is 2.90. The van der Waals surface area contributed by atoms with Crippen molar-refractivity contribution in [3.63, 3.8) is 0 Å². The van der Waals surface area contributed by atoms with E-state index in [1.807, 2.05) is 30.3 Å². The van der Waals surface area contributed by atoms with Crippen LogP contribution in [-0.4, -0.2) is 27.2 Å². The lowest BCUT2D eigenvalue weighted by molar-refractivity contribution is -0.116. The number of sulfonamides is 1. The molecule has 0 aliphatic rings. The van der Waals surface area contributed by atoms with Gasteiger partial charge < -0.3 is 5.32 Å². The van der Waals surface area contributed by atoms with E-state index in [4.69, 9.17) is 0 Å². The van der Waals surface area contributed by atoms with Crippen LogP contribution in [0.2, 0.25) is 0 Å². The van der Waals surface area contributed by atoms with Crippen molar-refractivity contribution >= 4 is 27.4 Å². The van der Waals surface area contributed by atoms with E-state index >= 15 is 0 Å². The standard InChI is InChI=1S/C23H22N2O4S/c1-24-30(28,29)21-14-12-20(13-15-21)25-22(26)16-9-17-7-10-19(11-8-17)23(27)18-5-3-2-4-6-18/h2-8,10-15,24H,9,16H2,1H3,(H,25,26). The van der Waals surface area contributed by atoms with Crippen LogP contribution in [0.25, 0.3) is 0 Å². The van der Waals surface area contributed by atoms with Gasteiger partial charge in [-0.05, 0) is 43.3 Å². The van der Waals surface area contributed by atoms with Crippen molar-refractivity contribution < 1.29 is 18.0 Å². The molecule has 1 amide bonds. The Hall–Kier alpha value is -3.29. The third-order valence-electron chi connectivity index (χ3n) is 4.61. The molecular formula is C23H22N2O4S. The third kappa shape index (κ3) is 5.40. The normalized spacial score (nSPS) is 11.1. The van der Waals surface area contributed by atoms with Gasteiger partial charge in [0.05, 0.1) is 4.90 Å². The molecule has 0 aliphatic heterocycles. The zero-order valence-corrected chi connectivity index (χ0v) is 17.3. The Morgan fingerprint density at radius 2 is 1.40 bits per heavy atom. The Kier molecular flexibility index (Phi) is 6.76. The first-order valence-corrected chi connectivity index (χ1v) is 10.9. The second kappa shape index (κ2) is 9.47. The molecule has 3 aromatic carbocycles. The van der Waals surface area contributed by atoms with Crippen molar-refractivity contribution in [2.24, 2.45) is 0 Å². The molecule has 30 heavy (non-hydrogen) atoms. The van der Waals surface area contributed by atoms with Gasteiger partial charge in [0.15, 0.2) is 5.78 Å². The molecule has 0 unspecified atom stereocenters. The van der Waals surface area contributed by atoms with Crippen LogP contribution in [0.15, 0.2) is 83.8 Å². The molecule has 0 radical (unpaired) electrons. The van der Waals surface area contributed by atoms with Gasteiger partial charge in [0, 0.05) is 23.2 Å². The third-order valence-corrected chi connectivity index (χ3v) is 6.04. The van der Waals surface area contributed by atoms with E-state index < -0.39 is 10.0 Å². The zero-order chi connectivity index (χ0) is 21.6. The second-order valence-electron chi connectivity index (χ2n) is 6.67. The van der Waals surface area contributed by atoms with Crippen LogP contribution >= 0.6 is 0 Å². The number of carbonyl (C=O) groups excluding carboxylic acids is 2. The predicted molar refractivity (Wildman–Crippen MR) is 116 cm³/mol. The van der Waals surface area contributed by atoms with Crippen molar-refractivity contribution in [3.05, 3.63) is 95.6 Å². The Morgan fingerprint density at radius 1 is 0.800 bits per heavy atom. The molecule has 0 saturated carbocycles. The predicted octanol–water partition coefficient (Wildman–Crippen LogP) is 3.40. The summed E-state index contributed by atoms with van der Waals surface area (Å²) in [7, 11) is -2.16. The first kappa shape index (κ1) is 21.4. The quantitative estimate of drug-likeness (QED) is 0.544. The number of nitrogens with one attached hydrogen (secondary N) is 2. The van der Waals surface area contributed by atoms with Gasteiger partial charge in [0.1, 0.15) is 0 Å². The Balaban J connectivity index is 1.54. The molecule has 0 bridgehead atoms. The highest BCUT2D eigenvalue weighted by molar-refractivity contribution is 7.89. The van der Waals surface area contributed by atoms with E-state index in [1.54, 1.807) is 36.4 Å². The summed E-state index contributed by atoms with van der Waals surface area (Å²) in [5, 5.41) is 2.75. The van der Waals surface area contributed by atoms with E-state index in [2.05, 4.69) is 10.0 Å². The van der Waals surface area contributed by atoms with Crippen LogP contribution in [0.3, 0.4) is 0 Å². The monoisotopic (exact) mass is 422 g/mol. The van der Waals surface area contributed by atoms with Crippen LogP contribution in [0, 0.1) is 0 Å². The fourth-order valence-corrected chi connectivity index (χ4v) is 3.63. The smallest absolute Gasteiger partial charge is 0.240 e. The van der Waals surface area contributed by atoms with E-state index in [-0.39, 0.29) is 23.0 Å². The van der Waals surface area contributed by atoms with Crippen LogP contribution < -0.4 is 10.0 Å². The Labute approximate surface area is 176 Å². The van der Waals surface area contributed by atoms with Crippen molar-refractivity contribution in [3.8, 4) is 0 Å². The summed E-state index contributed by atoms with van der Waals surface area (Å²) in [4.78, 5) is 24.7. The lowest BCUT2D eigenvalue weighted by Gasteiger charge is -2.08. The van der Waals surface area contributed by atoms with Gasteiger partial charge in [-0.15, -0.1) is 0 Å². The first-order chi connectivity index (χ1) is 14.4. The summed E-state index contributed by atoms with van der Waals surface area (Å²) in [5.41, 5.74) is 2.72. The molecule has 6 nitrogen and oxygen atoms in total. The van der Waals surface area contributed by atoms with E-state index in [0.717, 1.165) is 5.56 Å². The highest BCUT2D eigenvalue weighted by atomic mass is 32.2. The van der Waals surface area contributed by atoms with E-state index in [9.17, 15) is 18.0 Å². The van der Waals surface area contributed by atoms with Gasteiger partial charge in [-0.25, -0.2) is 13.1 Å². The minimum Gasteiger partial charge on any atom is -0.326 e. The topological polar surface area (TPSA) is 92.3 Å². The molecule has 7 heteroatoms. The molecule has 2 N–H and O–H groups in total. The summed E-state index contributed by atoms with van der Waals surface area (Å²) in [6, 6.07) is 22.3. The molecular weight excluding hydrogens is 400 g/mol. The summed E-state index contributed by atoms with van der Waals surface area (Å²) in [6.45, 7) is 0. The SMILES string of the molecule is CNS(=O)(=O)c1ccc(NC(=O)CCc2ccc(C(=O)c3ccccc3)cc2)cc1. The summed E-state index contributed by atoms with van der Waals surface area (Å²) in [5.74, 6) is -0.215. The van der Waals surface area contributed by atoms with Gasteiger partial charge in [-0.1, -0.05) is 54.6 Å².